The second kappa shape index (κ2) is 5.52. The molecule has 0 aromatic rings. The van der Waals surface area contributed by atoms with Crippen LogP contribution in [0.2, 0.25) is 0 Å². The number of fused-ring (bicyclic) bond motifs is 5. The van der Waals surface area contributed by atoms with Gasteiger partial charge in [0.25, 0.3) is 0 Å². The van der Waals surface area contributed by atoms with Crippen LogP contribution in [0.1, 0.15) is 59.8 Å². The zero-order valence-corrected chi connectivity index (χ0v) is 16.5. The minimum Gasteiger partial charge on any atom is -0.509 e. The predicted octanol–water partition coefficient (Wildman–Crippen LogP) is 5.24. The first-order valence-corrected chi connectivity index (χ1v) is 10.0. The lowest BCUT2D eigenvalue weighted by molar-refractivity contribution is -0.216. The van der Waals surface area contributed by atoms with Gasteiger partial charge in [-0.1, -0.05) is 34.1 Å². The van der Waals surface area contributed by atoms with Gasteiger partial charge in [0.1, 0.15) is 17.6 Å². The summed E-state index contributed by atoms with van der Waals surface area (Å²) < 4.78 is 11.8. The fourth-order valence-electron chi connectivity index (χ4n) is 7.24. The highest BCUT2D eigenvalue weighted by molar-refractivity contribution is 5.29. The van der Waals surface area contributed by atoms with Gasteiger partial charge in [0, 0.05) is 12.0 Å². The molecule has 0 radical (unpaired) electrons. The summed E-state index contributed by atoms with van der Waals surface area (Å²) in [7, 11) is 1.68. The standard InChI is InChI=1S/C22H34O3/c1-20(2)8-6-9-22(4)17(20)7-10-21(3)15-11-14(24-5)12-16(23)19(15)25-13-18(21)22/h11-12,15,17-19,23H,6-10,13H2,1-5H3/t15?,17-,18-,19?,21-,22-/m0/s1. The van der Waals surface area contributed by atoms with Crippen molar-refractivity contribution in [3.8, 4) is 0 Å². The van der Waals surface area contributed by atoms with Gasteiger partial charge < -0.3 is 14.6 Å². The number of allylic oxidation sites excluding steroid dienone is 1. The molecule has 0 bridgehead atoms. The molecule has 3 aliphatic carbocycles. The zero-order chi connectivity index (χ0) is 18.0. The van der Waals surface area contributed by atoms with Crippen LogP contribution in [0.15, 0.2) is 23.7 Å². The molecule has 1 heterocycles. The van der Waals surface area contributed by atoms with E-state index in [1.165, 1.54) is 32.1 Å². The first-order chi connectivity index (χ1) is 11.7. The first kappa shape index (κ1) is 17.5. The lowest BCUT2D eigenvalue weighted by Gasteiger charge is -2.66. The molecule has 2 saturated carbocycles. The number of rotatable bonds is 1. The van der Waals surface area contributed by atoms with Crippen LogP contribution < -0.4 is 0 Å². The Bertz CT molecular complexity index is 619. The van der Waals surface area contributed by atoms with E-state index in [1.54, 1.807) is 13.2 Å². The van der Waals surface area contributed by atoms with Crippen molar-refractivity contribution in [2.45, 2.75) is 65.9 Å². The van der Waals surface area contributed by atoms with Gasteiger partial charge in [-0.3, -0.25) is 0 Å². The van der Waals surface area contributed by atoms with E-state index in [0.29, 0.717) is 22.5 Å². The SMILES string of the molecule is COC1=CC2C(OC[C@@H]3[C@@]4(C)CCCC(C)(C)[C@@H]4CC[C@@]23C)C(O)=C1. The Labute approximate surface area is 152 Å². The van der Waals surface area contributed by atoms with Gasteiger partial charge in [0.15, 0.2) is 0 Å². The quantitative estimate of drug-likeness (QED) is 0.706. The highest BCUT2D eigenvalue weighted by atomic mass is 16.5. The number of aliphatic hydroxyl groups is 1. The Kier molecular flexibility index (Phi) is 3.85. The summed E-state index contributed by atoms with van der Waals surface area (Å²) in [5.41, 5.74) is 0.915. The average Bonchev–Trinajstić information content (AvgIpc) is 2.54. The van der Waals surface area contributed by atoms with Crippen LogP contribution in [-0.2, 0) is 9.47 Å². The fourth-order valence-corrected chi connectivity index (χ4v) is 7.24. The van der Waals surface area contributed by atoms with Crippen molar-refractivity contribution < 1.29 is 14.6 Å². The monoisotopic (exact) mass is 346 g/mol. The molecule has 1 aliphatic heterocycles. The van der Waals surface area contributed by atoms with Crippen molar-refractivity contribution in [2.24, 2.45) is 34.0 Å². The van der Waals surface area contributed by atoms with Gasteiger partial charge >= 0.3 is 0 Å². The molecule has 0 spiro atoms. The molecule has 25 heavy (non-hydrogen) atoms. The summed E-state index contributed by atoms with van der Waals surface area (Å²) in [6.45, 7) is 10.7. The summed E-state index contributed by atoms with van der Waals surface area (Å²) in [4.78, 5) is 0. The van der Waals surface area contributed by atoms with E-state index in [-0.39, 0.29) is 17.4 Å². The van der Waals surface area contributed by atoms with Gasteiger partial charge in [0.05, 0.1) is 13.7 Å². The largest absolute Gasteiger partial charge is 0.509 e. The Hall–Kier alpha value is -0.960. The second-order valence-electron chi connectivity index (χ2n) is 10.1. The van der Waals surface area contributed by atoms with Crippen LogP contribution in [0.4, 0.5) is 0 Å². The van der Waals surface area contributed by atoms with Crippen molar-refractivity contribution >= 4 is 0 Å². The molecule has 2 unspecified atom stereocenters. The first-order valence-electron chi connectivity index (χ1n) is 10.0. The summed E-state index contributed by atoms with van der Waals surface area (Å²) in [5.74, 6) is 2.63. The molecule has 6 atom stereocenters. The predicted molar refractivity (Wildman–Crippen MR) is 99.1 cm³/mol. The third-order valence-corrected chi connectivity index (χ3v) is 8.53. The van der Waals surface area contributed by atoms with E-state index >= 15 is 0 Å². The number of hydrogen-bond acceptors (Lipinski definition) is 3. The van der Waals surface area contributed by atoms with Crippen molar-refractivity contribution in [1.29, 1.82) is 0 Å². The Balaban J connectivity index is 1.74. The molecular formula is C22H34O3. The highest BCUT2D eigenvalue weighted by Gasteiger charge is 2.63. The van der Waals surface area contributed by atoms with Crippen LogP contribution in [0.25, 0.3) is 0 Å². The number of methoxy groups -OCH3 is 1. The van der Waals surface area contributed by atoms with Crippen molar-refractivity contribution in [1.82, 2.24) is 0 Å². The number of aliphatic hydroxyl groups excluding tert-OH is 1. The van der Waals surface area contributed by atoms with E-state index in [1.807, 2.05) is 0 Å². The molecule has 0 amide bonds. The van der Waals surface area contributed by atoms with Crippen LogP contribution in [0.3, 0.4) is 0 Å². The minimum absolute atomic E-state index is 0.160. The molecule has 4 rings (SSSR count). The molecule has 3 heteroatoms. The Morgan fingerprint density at radius 1 is 1.08 bits per heavy atom. The maximum absolute atomic E-state index is 10.5. The summed E-state index contributed by atoms with van der Waals surface area (Å²) >= 11 is 0. The summed E-state index contributed by atoms with van der Waals surface area (Å²) in [6, 6.07) is 0. The van der Waals surface area contributed by atoms with Crippen molar-refractivity contribution in [2.75, 3.05) is 13.7 Å². The average molecular weight is 347 g/mol. The molecule has 1 N–H and O–H groups in total. The van der Waals surface area contributed by atoms with Gasteiger partial charge in [-0.05, 0) is 59.8 Å². The zero-order valence-electron chi connectivity index (χ0n) is 16.5. The van der Waals surface area contributed by atoms with Crippen LogP contribution in [-0.4, -0.2) is 24.9 Å². The molecule has 3 fully saturated rings. The molecule has 3 nitrogen and oxygen atoms in total. The second-order valence-corrected chi connectivity index (χ2v) is 10.1. The molecular weight excluding hydrogens is 312 g/mol. The van der Waals surface area contributed by atoms with E-state index in [9.17, 15) is 5.11 Å². The number of ether oxygens (including phenoxy) is 2. The van der Waals surface area contributed by atoms with Crippen LogP contribution in [0, 0.1) is 34.0 Å². The third-order valence-electron chi connectivity index (χ3n) is 8.53. The topological polar surface area (TPSA) is 38.7 Å². The lowest BCUT2D eigenvalue weighted by Crippen LogP contribution is -2.62. The fraction of sp³-hybridized carbons (Fsp3) is 0.818. The normalized spacial score (nSPS) is 48.4. The molecule has 0 aromatic carbocycles. The third kappa shape index (κ3) is 2.34. The van der Waals surface area contributed by atoms with Gasteiger partial charge in [0.2, 0.25) is 0 Å². The van der Waals surface area contributed by atoms with Gasteiger partial charge in [-0.2, -0.15) is 0 Å². The number of hydrogen-bond donors (Lipinski definition) is 1. The maximum atomic E-state index is 10.5. The van der Waals surface area contributed by atoms with E-state index in [0.717, 1.165) is 18.3 Å². The Morgan fingerprint density at radius 2 is 1.84 bits per heavy atom. The van der Waals surface area contributed by atoms with Crippen LogP contribution >= 0.6 is 0 Å². The van der Waals surface area contributed by atoms with Crippen molar-refractivity contribution in [3.05, 3.63) is 23.7 Å². The molecule has 140 valence electrons. The van der Waals surface area contributed by atoms with E-state index < -0.39 is 0 Å². The summed E-state index contributed by atoms with van der Waals surface area (Å²) in [6.07, 6.45) is 10.2. The summed E-state index contributed by atoms with van der Waals surface area (Å²) in [5, 5.41) is 10.5. The van der Waals surface area contributed by atoms with Crippen LogP contribution in [0.5, 0.6) is 0 Å². The van der Waals surface area contributed by atoms with E-state index in [2.05, 4.69) is 33.8 Å². The lowest BCUT2D eigenvalue weighted by atomic mass is 9.41. The molecule has 1 saturated heterocycles. The minimum atomic E-state index is -0.197. The van der Waals surface area contributed by atoms with Gasteiger partial charge in [-0.15, -0.1) is 0 Å². The van der Waals surface area contributed by atoms with Gasteiger partial charge in [-0.25, -0.2) is 0 Å². The van der Waals surface area contributed by atoms with Crippen molar-refractivity contribution in [3.63, 3.8) is 0 Å². The maximum Gasteiger partial charge on any atom is 0.125 e. The smallest absolute Gasteiger partial charge is 0.125 e. The highest BCUT2D eigenvalue weighted by Crippen LogP contribution is 2.67. The molecule has 0 aromatic heterocycles. The molecule has 4 aliphatic rings. The Morgan fingerprint density at radius 3 is 2.56 bits per heavy atom. The van der Waals surface area contributed by atoms with E-state index in [4.69, 9.17) is 9.47 Å².